The predicted octanol–water partition coefficient (Wildman–Crippen LogP) is 4.40. The minimum absolute atomic E-state index is 0.00882. The van der Waals surface area contributed by atoms with Crippen molar-refractivity contribution in [2.45, 2.75) is 57.7 Å². The molecule has 0 radical (unpaired) electrons. The van der Waals surface area contributed by atoms with Crippen molar-refractivity contribution >= 4 is 10.8 Å². The molecule has 152 valence electrons. The molecule has 4 rings (SSSR count). The third-order valence-corrected chi connectivity index (χ3v) is 5.29. The lowest BCUT2D eigenvalue weighted by molar-refractivity contribution is 0.0524. The highest BCUT2D eigenvalue weighted by atomic mass is 16.5. The molecular weight excluding hydrogens is 366 g/mol. The number of hydrogen-bond donors (Lipinski definition) is 3. The van der Waals surface area contributed by atoms with E-state index in [4.69, 9.17) is 4.74 Å². The molecule has 3 N–H and O–H groups in total. The minimum atomic E-state index is -0.00882. The average Bonchev–Trinajstić information content (AvgIpc) is 2.59. The van der Waals surface area contributed by atoms with Crippen LogP contribution in [0.4, 0.5) is 0 Å². The van der Waals surface area contributed by atoms with Crippen molar-refractivity contribution in [2.75, 3.05) is 0 Å². The summed E-state index contributed by atoms with van der Waals surface area (Å²) in [6, 6.07) is 12.1. The van der Waals surface area contributed by atoms with Crippen molar-refractivity contribution in [1.29, 1.82) is 0 Å². The van der Waals surface area contributed by atoms with Gasteiger partial charge in [-0.3, -0.25) is 0 Å². The molecule has 1 aromatic heterocycles. The SMILES string of the molecule is CC1(C)CC(Oc2ccc(-c3cc4ccc(O)cc4cc3O)nn2)CC(C)(C)N1. The number of benzene rings is 2. The van der Waals surface area contributed by atoms with Gasteiger partial charge in [-0.1, -0.05) is 6.07 Å². The second-order valence-electron chi connectivity index (χ2n) is 9.20. The summed E-state index contributed by atoms with van der Waals surface area (Å²) in [5, 5.41) is 33.8. The van der Waals surface area contributed by atoms with E-state index in [2.05, 4.69) is 43.2 Å². The van der Waals surface area contributed by atoms with E-state index < -0.39 is 0 Å². The summed E-state index contributed by atoms with van der Waals surface area (Å²) >= 11 is 0. The second-order valence-corrected chi connectivity index (χ2v) is 9.20. The lowest BCUT2D eigenvalue weighted by atomic mass is 9.81. The Balaban J connectivity index is 1.56. The van der Waals surface area contributed by atoms with E-state index in [1.165, 1.54) is 0 Å². The van der Waals surface area contributed by atoms with Gasteiger partial charge >= 0.3 is 0 Å². The zero-order valence-corrected chi connectivity index (χ0v) is 17.2. The molecule has 0 spiro atoms. The molecule has 2 aromatic carbocycles. The normalized spacial score (nSPS) is 18.6. The molecule has 1 aliphatic rings. The molecule has 3 aromatic rings. The third kappa shape index (κ3) is 4.27. The van der Waals surface area contributed by atoms with Crippen LogP contribution in [0.3, 0.4) is 0 Å². The van der Waals surface area contributed by atoms with E-state index >= 15 is 0 Å². The van der Waals surface area contributed by atoms with Crippen molar-refractivity contribution in [3.05, 3.63) is 42.5 Å². The number of ether oxygens (including phenoxy) is 1. The molecule has 1 fully saturated rings. The first-order valence-corrected chi connectivity index (χ1v) is 9.86. The number of hydrogen-bond acceptors (Lipinski definition) is 6. The van der Waals surface area contributed by atoms with Crippen LogP contribution in [0.25, 0.3) is 22.0 Å². The predicted molar refractivity (Wildman–Crippen MR) is 113 cm³/mol. The number of phenols is 2. The fourth-order valence-corrected chi connectivity index (χ4v) is 4.49. The number of fused-ring (bicyclic) bond motifs is 1. The maximum Gasteiger partial charge on any atom is 0.233 e. The highest BCUT2D eigenvalue weighted by Gasteiger charge is 2.38. The summed E-state index contributed by atoms with van der Waals surface area (Å²) in [5.41, 5.74) is 1.14. The molecular formula is C23H27N3O3. The van der Waals surface area contributed by atoms with Crippen molar-refractivity contribution < 1.29 is 14.9 Å². The van der Waals surface area contributed by atoms with Crippen LogP contribution >= 0.6 is 0 Å². The zero-order chi connectivity index (χ0) is 20.8. The number of nitrogens with zero attached hydrogens (tertiary/aromatic N) is 2. The lowest BCUT2D eigenvalue weighted by Crippen LogP contribution is -2.60. The largest absolute Gasteiger partial charge is 0.508 e. The Morgan fingerprint density at radius 2 is 1.62 bits per heavy atom. The van der Waals surface area contributed by atoms with Crippen LogP contribution in [0.15, 0.2) is 42.5 Å². The van der Waals surface area contributed by atoms with Gasteiger partial charge in [0.05, 0.1) is 5.69 Å². The van der Waals surface area contributed by atoms with Crippen LogP contribution in [0.1, 0.15) is 40.5 Å². The monoisotopic (exact) mass is 393 g/mol. The van der Waals surface area contributed by atoms with Gasteiger partial charge < -0.3 is 20.3 Å². The van der Waals surface area contributed by atoms with Gasteiger partial charge in [0, 0.05) is 35.5 Å². The maximum absolute atomic E-state index is 10.4. The minimum Gasteiger partial charge on any atom is -0.508 e. The molecule has 0 atom stereocenters. The second kappa shape index (κ2) is 6.88. The molecule has 6 nitrogen and oxygen atoms in total. The number of nitrogens with one attached hydrogen (secondary N) is 1. The van der Waals surface area contributed by atoms with Crippen LogP contribution in [0.2, 0.25) is 0 Å². The molecule has 1 saturated heterocycles. The van der Waals surface area contributed by atoms with Crippen molar-refractivity contribution in [2.24, 2.45) is 0 Å². The van der Waals surface area contributed by atoms with E-state index in [0.29, 0.717) is 17.1 Å². The summed E-state index contributed by atoms with van der Waals surface area (Å²) in [7, 11) is 0. The third-order valence-electron chi connectivity index (χ3n) is 5.29. The first-order valence-electron chi connectivity index (χ1n) is 9.86. The number of phenolic OH excluding ortho intramolecular Hbond substituents is 2. The highest BCUT2D eigenvalue weighted by molar-refractivity contribution is 5.90. The smallest absolute Gasteiger partial charge is 0.233 e. The quantitative estimate of drug-likeness (QED) is 0.611. The molecule has 0 unspecified atom stereocenters. The van der Waals surface area contributed by atoms with Gasteiger partial charge in [0.1, 0.15) is 17.6 Å². The lowest BCUT2D eigenvalue weighted by Gasteiger charge is -2.46. The number of aromatic hydroxyl groups is 2. The van der Waals surface area contributed by atoms with Crippen molar-refractivity contribution in [3.8, 4) is 28.6 Å². The summed E-state index contributed by atoms with van der Waals surface area (Å²) in [4.78, 5) is 0. The molecule has 1 aliphatic heterocycles. The van der Waals surface area contributed by atoms with Gasteiger partial charge in [0.2, 0.25) is 5.88 Å². The molecule has 29 heavy (non-hydrogen) atoms. The first kappa shape index (κ1) is 19.5. The van der Waals surface area contributed by atoms with Crippen LogP contribution in [0, 0.1) is 0 Å². The molecule has 6 heteroatoms. The molecule has 2 heterocycles. The Hall–Kier alpha value is -2.86. The number of piperidine rings is 1. The summed E-state index contributed by atoms with van der Waals surface area (Å²) in [6.45, 7) is 8.73. The van der Waals surface area contributed by atoms with Gasteiger partial charge in [-0.2, -0.15) is 0 Å². The first-order chi connectivity index (χ1) is 13.6. The number of rotatable bonds is 3. The summed E-state index contributed by atoms with van der Waals surface area (Å²) in [5.74, 6) is 0.737. The van der Waals surface area contributed by atoms with Crippen LogP contribution in [0.5, 0.6) is 17.4 Å². The Kier molecular flexibility index (Phi) is 4.62. The van der Waals surface area contributed by atoms with E-state index in [1.807, 2.05) is 6.07 Å². The standard InChI is InChI=1S/C23H27N3O3/c1-22(2)12-17(13-23(3,4)26-22)29-21-8-7-19(24-25-21)18-10-14-5-6-16(27)9-15(14)11-20(18)28/h5-11,17,26-28H,12-13H2,1-4H3. The summed E-state index contributed by atoms with van der Waals surface area (Å²) in [6.07, 6.45) is 1.83. The fourth-order valence-electron chi connectivity index (χ4n) is 4.49. The maximum atomic E-state index is 10.4. The molecule has 0 aliphatic carbocycles. The average molecular weight is 393 g/mol. The van der Waals surface area contributed by atoms with Crippen molar-refractivity contribution in [3.63, 3.8) is 0 Å². The van der Waals surface area contributed by atoms with Crippen LogP contribution in [-0.4, -0.2) is 37.6 Å². The molecule has 0 bridgehead atoms. The summed E-state index contributed by atoms with van der Waals surface area (Å²) < 4.78 is 6.13. The topological polar surface area (TPSA) is 87.5 Å². The van der Waals surface area contributed by atoms with Gasteiger partial charge in [-0.15, -0.1) is 10.2 Å². The Bertz CT molecular complexity index is 1030. The van der Waals surface area contributed by atoms with E-state index in [9.17, 15) is 10.2 Å². The number of aromatic nitrogens is 2. The van der Waals surface area contributed by atoms with E-state index in [1.54, 1.807) is 36.4 Å². The zero-order valence-electron chi connectivity index (χ0n) is 17.2. The Morgan fingerprint density at radius 1 is 0.897 bits per heavy atom. The van der Waals surface area contributed by atoms with Crippen molar-refractivity contribution in [1.82, 2.24) is 15.5 Å². The van der Waals surface area contributed by atoms with Gasteiger partial charge in [-0.25, -0.2) is 0 Å². The van der Waals surface area contributed by atoms with Crippen LogP contribution < -0.4 is 10.1 Å². The molecule has 0 amide bonds. The van der Waals surface area contributed by atoms with Gasteiger partial charge in [0.25, 0.3) is 0 Å². The van der Waals surface area contributed by atoms with Crippen LogP contribution in [-0.2, 0) is 0 Å². The highest BCUT2D eigenvalue weighted by Crippen LogP contribution is 2.34. The fraction of sp³-hybridized carbons (Fsp3) is 0.391. The van der Waals surface area contributed by atoms with Gasteiger partial charge in [0.15, 0.2) is 0 Å². The Labute approximate surface area is 170 Å². The Morgan fingerprint density at radius 3 is 2.28 bits per heavy atom. The van der Waals surface area contributed by atoms with Gasteiger partial charge in [-0.05, 0) is 68.8 Å². The molecule has 0 saturated carbocycles. The van der Waals surface area contributed by atoms with E-state index in [-0.39, 0.29) is 28.7 Å². The van der Waals surface area contributed by atoms with E-state index in [0.717, 1.165) is 23.6 Å².